The highest BCUT2D eigenvalue weighted by atomic mass is 32.2. The first-order valence-corrected chi connectivity index (χ1v) is 7.50. The van der Waals surface area contributed by atoms with Crippen molar-refractivity contribution in [3.63, 3.8) is 0 Å². The highest BCUT2D eigenvalue weighted by Gasteiger charge is 2.11. The lowest BCUT2D eigenvalue weighted by molar-refractivity contribution is 0.615. The zero-order chi connectivity index (χ0) is 13.0. The van der Waals surface area contributed by atoms with Crippen LogP contribution in [-0.2, 0) is 16.6 Å². The number of hydrogen-bond donors (Lipinski definition) is 1. The number of aromatic nitrogens is 1. The molecule has 0 radical (unpaired) electrons. The van der Waals surface area contributed by atoms with E-state index in [9.17, 15) is 4.21 Å². The van der Waals surface area contributed by atoms with Gasteiger partial charge in [0.15, 0.2) is 0 Å². The zero-order valence-corrected chi connectivity index (χ0v) is 11.9. The third kappa shape index (κ3) is 3.80. The van der Waals surface area contributed by atoms with Gasteiger partial charge in [0.25, 0.3) is 0 Å². The molecule has 2 atom stereocenters. The summed E-state index contributed by atoms with van der Waals surface area (Å²) in [5.41, 5.74) is 9.55. The van der Waals surface area contributed by atoms with Gasteiger partial charge < -0.3 is 5.73 Å². The molecule has 0 bridgehead atoms. The quantitative estimate of drug-likeness (QED) is 0.878. The van der Waals surface area contributed by atoms with Crippen LogP contribution in [0.1, 0.15) is 37.1 Å². The fourth-order valence-corrected chi connectivity index (χ4v) is 3.17. The Hall–Kier alpha value is -0.900. The smallest absolute Gasteiger partial charge is 0.0662 e. The molecule has 0 amide bonds. The summed E-state index contributed by atoms with van der Waals surface area (Å²) in [5, 5.41) is 0. The number of anilines is 1. The molecule has 0 aliphatic rings. The summed E-state index contributed by atoms with van der Waals surface area (Å²) in [5.74, 6) is 1.76. The van der Waals surface area contributed by atoms with Crippen LogP contribution < -0.4 is 5.73 Å². The maximum atomic E-state index is 12.0. The van der Waals surface area contributed by atoms with Gasteiger partial charge in [0.05, 0.1) is 11.4 Å². The minimum Gasteiger partial charge on any atom is -0.398 e. The SMILES string of the molecule is CCC(C)CS(=O)Cc1ncc(C)c(N)c1C. The van der Waals surface area contributed by atoms with E-state index in [1.165, 1.54) is 0 Å². The summed E-state index contributed by atoms with van der Waals surface area (Å²) in [6.45, 7) is 8.14. The predicted molar refractivity (Wildman–Crippen MR) is 74.3 cm³/mol. The lowest BCUT2D eigenvalue weighted by Crippen LogP contribution is -2.11. The molecule has 3 nitrogen and oxygen atoms in total. The van der Waals surface area contributed by atoms with E-state index in [-0.39, 0.29) is 0 Å². The summed E-state index contributed by atoms with van der Waals surface area (Å²) < 4.78 is 12.0. The van der Waals surface area contributed by atoms with Gasteiger partial charge in [-0.05, 0) is 30.9 Å². The van der Waals surface area contributed by atoms with Gasteiger partial charge in [-0.2, -0.15) is 0 Å². The lowest BCUT2D eigenvalue weighted by Gasteiger charge is -2.11. The summed E-state index contributed by atoms with van der Waals surface area (Å²) in [6, 6.07) is 0. The van der Waals surface area contributed by atoms with Gasteiger partial charge in [-0.1, -0.05) is 20.3 Å². The highest BCUT2D eigenvalue weighted by molar-refractivity contribution is 7.84. The van der Waals surface area contributed by atoms with Gasteiger partial charge >= 0.3 is 0 Å². The van der Waals surface area contributed by atoms with E-state index in [4.69, 9.17) is 5.73 Å². The number of nitrogen functional groups attached to an aromatic ring is 1. The van der Waals surface area contributed by atoms with Gasteiger partial charge in [0.2, 0.25) is 0 Å². The molecule has 0 aromatic carbocycles. The van der Waals surface area contributed by atoms with E-state index in [0.717, 1.165) is 34.7 Å². The maximum absolute atomic E-state index is 12.0. The van der Waals surface area contributed by atoms with Crippen molar-refractivity contribution >= 4 is 16.5 Å². The van der Waals surface area contributed by atoms with Gasteiger partial charge in [0, 0.05) is 28.4 Å². The van der Waals surface area contributed by atoms with Gasteiger partial charge in [-0.25, -0.2) is 0 Å². The first-order valence-electron chi connectivity index (χ1n) is 6.01. The molecule has 4 heteroatoms. The Labute approximate surface area is 106 Å². The number of nitrogens with two attached hydrogens (primary N) is 1. The molecule has 0 saturated carbocycles. The molecule has 0 spiro atoms. The molecule has 0 aliphatic heterocycles. The first-order chi connectivity index (χ1) is 7.95. The third-order valence-corrected chi connectivity index (χ3v) is 4.68. The normalized spacial score (nSPS) is 14.6. The molecule has 1 heterocycles. The highest BCUT2D eigenvalue weighted by Crippen LogP contribution is 2.19. The molecule has 17 heavy (non-hydrogen) atoms. The van der Waals surface area contributed by atoms with Crippen LogP contribution in [0.4, 0.5) is 5.69 Å². The standard InChI is InChI=1S/C13H22N2OS/c1-5-9(2)7-17(16)8-12-11(4)13(14)10(3)6-15-12/h6,9H,5,7-8H2,1-4H3,(H2,14,15). The van der Waals surface area contributed by atoms with Crippen LogP contribution in [0.5, 0.6) is 0 Å². The second-order valence-corrected chi connectivity index (χ2v) is 6.19. The van der Waals surface area contributed by atoms with Crippen LogP contribution in [0.15, 0.2) is 6.20 Å². The first kappa shape index (κ1) is 14.2. The zero-order valence-electron chi connectivity index (χ0n) is 11.1. The Balaban J connectivity index is 2.76. The maximum Gasteiger partial charge on any atom is 0.0662 e. The second kappa shape index (κ2) is 6.15. The molecule has 0 fully saturated rings. The summed E-state index contributed by atoms with van der Waals surface area (Å²) in [6.07, 6.45) is 2.83. The Morgan fingerprint density at radius 1 is 1.47 bits per heavy atom. The molecule has 0 aliphatic carbocycles. The largest absolute Gasteiger partial charge is 0.398 e. The number of pyridine rings is 1. The second-order valence-electron chi connectivity index (χ2n) is 4.69. The fraction of sp³-hybridized carbons (Fsp3) is 0.615. The summed E-state index contributed by atoms with van der Waals surface area (Å²) >= 11 is 0. The molecule has 96 valence electrons. The molecule has 2 unspecified atom stereocenters. The Bertz CT molecular complexity index is 418. The van der Waals surface area contributed by atoms with Crippen LogP contribution in [0, 0.1) is 19.8 Å². The van der Waals surface area contributed by atoms with Crippen molar-refractivity contribution in [1.29, 1.82) is 0 Å². The van der Waals surface area contributed by atoms with Gasteiger partial charge in [-0.3, -0.25) is 9.19 Å². The van der Waals surface area contributed by atoms with Crippen molar-refractivity contribution in [2.75, 3.05) is 11.5 Å². The minimum absolute atomic E-state index is 0.499. The van der Waals surface area contributed by atoms with E-state index >= 15 is 0 Å². The van der Waals surface area contributed by atoms with Crippen LogP contribution in [-0.4, -0.2) is 14.9 Å². The molecule has 1 rings (SSSR count). The molecule has 1 aromatic heterocycles. The Kier molecular flexibility index (Phi) is 5.12. The minimum atomic E-state index is -0.844. The van der Waals surface area contributed by atoms with Crippen molar-refractivity contribution in [3.05, 3.63) is 23.0 Å². The van der Waals surface area contributed by atoms with Crippen LogP contribution in [0.25, 0.3) is 0 Å². The Morgan fingerprint density at radius 2 is 2.12 bits per heavy atom. The van der Waals surface area contributed by atoms with Crippen molar-refractivity contribution in [1.82, 2.24) is 4.98 Å². The summed E-state index contributed by atoms with van der Waals surface area (Å²) in [4.78, 5) is 4.34. The topological polar surface area (TPSA) is 56.0 Å². The van der Waals surface area contributed by atoms with Gasteiger partial charge in [0.1, 0.15) is 0 Å². The monoisotopic (exact) mass is 254 g/mol. The van der Waals surface area contributed by atoms with Crippen LogP contribution >= 0.6 is 0 Å². The third-order valence-electron chi connectivity index (χ3n) is 3.14. The van der Waals surface area contributed by atoms with Crippen molar-refractivity contribution < 1.29 is 4.21 Å². The number of nitrogens with zero attached hydrogens (tertiary/aromatic N) is 1. The van der Waals surface area contributed by atoms with E-state index in [0.29, 0.717) is 11.7 Å². The number of aryl methyl sites for hydroxylation is 1. The van der Waals surface area contributed by atoms with Crippen LogP contribution in [0.3, 0.4) is 0 Å². The Morgan fingerprint density at radius 3 is 2.71 bits per heavy atom. The average molecular weight is 254 g/mol. The number of hydrogen-bond acceptors (Lipinski definition) is 3. The van der Waals surface area contributed by atoms with E-state index in [2.05, 4.69) is 18.8 Å². The molecule has 1 aromatic rings. The number of rotatable bonds is 5. The van der Waals surface area contributed by atoms with Crippen molar-refractivity contribution in [3.8, 4) is 0 Å². The van der Waals surface area contributed by atoms with Crippen molar-refractivity contribution in [2.45, 2.75) is 39.9 Å². The van der Waals surface area contributed by atoms with Crippen LogP contribution in [0.2, 0.25) is 0 Å². The van der Waals surface area contributed by atoms with Gasteiger partial charge in [-0.15, -0.1) is 0 Å². The molecule has 2 N–H and O–H groups in total. The molecule has 0 saturated heterocycles. The van der Waals surface area contributed by atoms with E-state index in [1.54, 1.807) is 6.20 Å². The average Bonchev–Trinajstić information content (AvgIpc) is 2.29. The molecular weight excluding hydrogens is 232 g/mol. The van der Waals surface area contributed by atoms with E-state index in [1.807, 2.05) is 13.8 Å². The van der Waals surface area contributed by atoms with E-state index < -0.39 is 10.8 Å². The molecular formula is C13H22N2OS. The summed E-state index contributed by atoms with van der Waals surface area (Å²) in [7, 11) is -0.844. The predicted octanol–water partition coefficient (Wildman–Crippen LogP) is 2.58. The fourth-order valence-electron chi connectivity index (χ4n) is 1.58. The lowest BCUT2D eigenvalue weighted by atomic mass is 10.1. The van der Waals surface area contributed by atoms with Crippen molar-refractivity contribution in [2.24, 2.45) is 5.92 Å².